The highest BCUT2D eigenvalue weighted by Gasteiger charge is 2.12. The molecule has 3 rings (SSSR count). The van der Waals surface area contributed by atoms with Crippen molar-refractivity contribution in [1.82, 2.24) is 14.7 Å². The summed E-state index contributed by atoms with van der Waals surface area (Å²) in [5, 5.41) is 4.78. The van der Waals surface area contributed by atoms with E-state index in [1.165, 1.54) is 5.56 Å². The molecule has 2 aromatic carbocycles. The van der Waals surface area contributed by atoms with Crippen molar-refractivity contribution in [2.45, 2.75) is 20.8 Å². The molecule has 0 spiro atoms. The fourth-order valence-electron chi connectivity index (χ4n) is 2.96. The minimum absolute atomic E-state index is 0.0160. The summed E-state index contributed by atoms with van der Waals surface area (Å²) in [6.07, 6.45) is 5.47. The first-order chi connectivity index (χ1) is 13.1. The van der Waals surface area contributed by atoms with Crippen molar-refractivity contribution < 1.29 is 4.79 Å². The molecule has 27 heavy (non-hydrogen) atoms. The smallest absolute Gasteiger partial charge is 0.246 e. The van der Waals surface area contributed by atoms with Crippen molar-refractivity contribution in [3.8, 4) is 16.9 Å². The van der Waals surface area contributed by atoms with Crippen LogP contribution in [0.15, 0.2) is 66.9 Å². The van der Waals surface area contributed by atoms with Crippen molar-refractivity contribution in [2.24, 2.45) is 0 Å². The van der Waals surface area contributed by atoms with Gasteiger partial charge in [-0.1, -0.05) is 48.0 Å². The molecule has 0 bridgehead atoms. The maximum Gasteiger partial charge on any atom is 0.246 e. The predicted octanol–water partition coefficient (Wildman–Crippen LogP) is 4.73. The Morgan fingerprint density at radius 2 is 1.70 bits per heavy atom. The molecule has 1 aromatic heterocycles. The zero-order chi connectivity index (χ0) is 19.2. The third-order valence-corrected chi connectivity index (χ3v) is 4.57. The van der Waals surface area contributed by atoms with Crippen LogP contribution in [0.2, 0.25) is 0 Å². The molecule has 0 N–H and O–H groups in total. The summed E-state index contributed by atoms with van der Waals surface area (Å²) in [6.45, 7) is 7.44. The van der Waals surface area contributed by atoms with Gasteiger partial charge < -0.3 is 4.90 Å². The number of carbonyl (C=O) groups is 1. The number of hydrogen-bond donors (Lipinski definition) is 0. The molecule has 0 aliphatic rings. The maximum absolute atomic E-state index is 12.4. The Morgan fingerprint density at radius 3 is 2.33 bits per heavy atom. The lowest BCUT2D eigenvalue weighted by atomic mass is 10.1. The molecule has 1 amide bonds. The lowest BCUT2D eigenvalue weighted by Gasteiger charge is -2.15. The predicted molar refractivity (Wildman–Crippen MR) is 111 cm³/mol. The summed E-state index contributed by atoms with van der Waals surface area (Å²) in [7, 11) is 0. The summed E-state index contributed by atoms with van der Waals surface area (Å²) >= 11 is 0. The minimum atomic E-state index is 0.0160. The standard InChI is InChI=1S/C23H25N3O/c1-4-25(5-2)22(27)16-15-20-17-26(21-9-7-6-8-10-21)24-23(20)19-13-11-18(3)12-14-19/h6-17H,4-5H2,1-3H3. The van der Waals surface area contributed by atoms with Crippen LogP contribution >= 0.6 is 0 Å². The highest BCUT2D eigenvalue weighted by molar-refractivity contribution is 5.92. The largest absolute Gasteiger partial charge is 0.340 e. The van der Waals surface area contributed by atoms with Gasteiger partial charge in [0, 0.05) is 36.5 Å². The molecule has 0 aliphatic carbocycles. The molecule has 3 aromatic rings. The first-order valence-electron chi connectivity index (χ1n) is 9.31. The Kier molecular flexibility index (Phi) is 5.87. The second kappa shape index (κ2) is 8.49. The van der Waals surface area contributed by atoms with Crippen LogP contribution in [0.25, 0.3) is 23.0 Å². The van der Waals surface area contributed by atoms with Crippen LogP contribution < -0.4 is 0 Å². The van der Waals surface area contributed by atoms with E-state index in [1.807, 2.05) is 61.1 Å². The average Bonchev–Trinajstić information content (AvgIpc) is 3.13. The van der Waals surface area contributed by atoms with Gasteiger partial charge in [0.05, 0.1) is 11.4 Å². The zero-order valence-corrected chi connectivity index (χ0v) is 16.1. The number of likely N-dealkylation sites (N-methyl/N-ethyl adjacent to an activating group) is 1. The van der Waals surface area contributed by atoms with Gasteiger partial charge in [-0.2, -0.15) is 5.10 Å². The van der Waals surface area contributed by atoms with Gasteiger partial charge in [-0.15, -0.1) is 0 Å². The summed E-state index contributed by atoms with van der Waals surface area (Å²) in [5.74, 6) is 0.0160. The van der Waals surface area contributed by atoms with Crippen molar-refractivity contribution >= 4 is 12.0 Å². The molecule has 4 nitrogen and oxygen atoms in total. The van der Waals surface area contributed by atoms with E-state index in [9.17, 15) is 4.79 Å². The Hall–Kier alpha value is -3.14. The maximum atomic E-state index is 12.4. The van der Waals surface area contributed by atoms with Crippen LogP contribution in [0.4, 0.5) is 0 Å². The molecule has 0 saturated heterocycles. The van der Waals surface area contributed by atoms with Gasteiger partial charge in [0.15, 0.2) is 0 Å². The molecule has 0 saturated carbocycles. The first kappa shape index (κ1) is 18.6. The van der Waals surface area contributed by atoms with Crippen LogP contribution in [0.1, 0.15) is 25.0 Å². The van der Waals surface area contributed by atoms with Crippen LogP contribution in [0, 0.1) is 6.92 Å². The number of para-hydroxylation sites is 1. The quantitative estimate of drug-likeness (QED) is 0.597. The normalized spacial score (nSPS) is 11.1. The molecule has 0 fully saturated rings. The van der Waals surface area contributed by atoms with Crippen LogP contribution in [0.5, 0.6) is 0 Å². The zero-order valence-electron chi connectivity index (χ0n) is 16.1. The first-order valence-corrected chi connectivity index (χ1v) is 9.31. The molecule has 0 unspecified atom stereocenters. The van der Waals surface area contributed by atoms with E-state index in [0.29, 0.717) is 13.1 Å². The van der Waals surface area contributed by atoms with Crippen LogP contribution in [-0.2, 0) is 4.79 Å². The van der Waals surface area contributed by atoms with Crippen molar-refractivity contribution in [3.63, 3.8) is 0 Å². The van der Waals surface area contributed by atoms with Gasteiger partial charge in [-0.25, -0.2) is 4.68 Å². The number of hydrogen-bond acceptors (Lipinski definition) is 2. The Bertz CT molecular complexity index is 920. The van der Waals surface area contributed by atoms with Gasteiger partial charge in [0.2, 0.25) is 5.91 Å². The molecule has 1 heterocycles. The summed E-state index contributed by atoms with van der Waals surface area (Å²) in [5.41, 5.74) is 5.01. The molecule has 0 aliphatic heterocycles. The summed E-state index contributed by atoms with van der Waals surface area (Å²) in [6, 6.07) is 18.3. The van der Waals surface area contributed by atoms with Crippen LogP contribution in [0.3, 0.4) is 0 Å². The monoisotopic (exact) mass is 359 g/mol. The van der Waals surface area contributed by atoms with Gasteiger partial charge in [0.25, 0.3) is 0 Å². The Labute approximate surface area is 160 Å². The lowest BCUT2D eigenvalue weighted by molar-refractivity contribution is -0.125. The van der Waals surface area contributed by atoms with E-state index in [2.05, 4.69) is 31.2 Å². The lowest BCUT2D eigenvalue weighted by Crippen LogP contribution is -2.28. The number of aryl methyl sites for hydroxylation is 1. The second-order valence-electron chi connectivity index (χ2n) is 6.42. The van der Waals surface area contributed by atoms with E-state index in [4.69, 9.17) is 5.10 Å². The molecular weight excluding hydrogens is 334 g/mol. The average molecular weight is 359 g/mol. The van der Waals surface area contributed by atoms with E-state index in [-0.39, 0.29) is 5.91 Å². The fourth-order valence-corrected chi connectivity index (χ4v) is 2.96. The topological polar surface area (TPSA) is 38.1 Å². The van der Waals surface area contributed by atoms with Gasteiger partial charge in [-0.3, -0.25) is 4.79 Å². The van der Waals surface area contributed by atoms with Gasteiger partial charge in [0.1, 0.15) is 0 Å². The Balaban J connectivity index is 2.01. The summed E-state index contributed by atoms with van der Waals surface area (Å²) < 4.78 is 1.86. The van der Waals surface area contributed by atoms with Crippen molar-refractivity contribution in [2.75, 3.05) is 13.1 Å². The number of rotatable bonds is 6. The second-order valence-corrected chi connectivity index (χ2v) is 6.42. The van der Waals surface area contributed by atoms with E-state index >= 15 is 0 Å². The van der Waals surface area contributed by atoms with E-state index < -0.39 is 0 Å². The minimum Gasteiger partial charge on any atom is -0.340 e. The fraction of sp³-hybridized carbons (Fsp3) is 0.217. The third kappa shape index (κ3) is 4.34. The number of aromatic nitrogens is 2. The van der Waals surface area contributed by atoms with Gasteiger partial charge >= 0.3 is 0 Å². The molecular formula is C23H25N3O. The number of carbonyl (C=O) groups excluding carboxylic acids is 1. The number of nitrogens with zero attached hydrogens (tertiary/aromatic N) is 3. The highest BCUT2D eigenvalue weighted by atomic mass is 16.2. The molecule has 4 heteroatoms. The van der Waals surface area contributed by atoms with E-state index in [1.54, 1.807) is 11.0 Å². The SMILES string of the molecule is CCN(CC)C(=O)C=Cc1cn(-c2ccccc2)nc1-c1ccc(C)cc1. The Morgan fingerprint density at radius 1 is 1.04 bits per heavy atom. The van der Waals surface area contributed by atoms with Crippen molar-refractivity contribution in [1.29, 1.82) is 0 Å². The third-order valence-electron chi connectivity index (χ3n) is 4.57. The molecule has 0 radical (unpaired) electrons. The molecule has 138 valence electrons. The summed E-state index contributed by atoms with van der Waals surface area (Å²) in [4.78, 5) is 14.2. The van der Waals surface area contributed by atoms with E-state index in [0.717, 1.165) is 22.5 Å². The number of amides is 1. The highest BCUT2D eigenvalue weighted by Crippen LogP contribution is 2.25. The van der Waals surface area contributed by atoms with Crippen LogP contribution in [-0.4, -0.2) is 33.7 Å². The number of benzene rings is 2. The van der Waals surface area contributed by atoms with Gasteiger partial charge in [-0.05, 0) is 39.0 Å². The molecule has 0 atom stereocenters. The van der Waals surface area contributed by atoms with Crippen molar-refractivity contribution in [3.05, 3.63) is 78.0 Å².